The number of rotatable bonds is 5. The quantitative estimate of drug-likeness (QED) is 0.796. The number of sulfonamides is 1. The molecule has 0 aliphatic carbocycles. The molecule has 0 spiro atoms. The third-order valence-electron chi connectivity index (χ3n) is 2.68. The van der Waals surface area contributed by atoms with Gasteiger partial charge in [0.05, 0.1) is 17.1 Å². The van der Waals surface area contributed by atoms with Gasteiger partial charge in [0, 0.05) is 6.54 Å². The lowest BCUT2D eigenvalue weighted by molar-refractivity contribution is 0.417. The minimum absolute atomic E-state index is 0.0272. The van der Waals surface area contributed by atoms with E-state index in [9.17, 15) is 8.42 Å². The number of halogens is 2. The van der Waals surface area contributed by atoms with E-state index in [0.29, 0.717) is 21.3 Å². The molecule has 114 valence electrons. The second-order valence-corrected chi connectivity index (χ2v) is 8.11. The molecule has 1 aromatic heterocycles. The maximum Gasteiger partial charge on any atom is 0.243 e. The maximum absolute atomic E-state index is 12.1. The fourth-order valence-electron chi connectivity index (χ4n) is 1.66. The number of nitrogen functional groups attached to an aromatic ring is 1. The molecule has 0 fully saturated rings. The smallest absolute Gasteiger partial charge is 0.243 e. The summed E-state index contributed by atoms with van der Waals surface area (Å²) in [4.78, 5) is -0.0272. The Balaban J connectivity index is 2.15. The maximum atomic E-state index is 12.1. The molecule has 0 radical (unpaired) electrons. The second kappa shape index (κ2) is 6.41. The van der Waals surface area contributed by atoms with Gasteiger partial charge >= 0.3 is 0 Å². The van der Waals surface area contributed by atoms with Crippen LogP contribution in [0.1, 0.15) is 5.56 Å². The lowest BCUT2D eigenvalue weighted by Gasteiger charge is -2.09. The number of thiophene rings is 1. The summed E-state index contributed by atoms with van der Waals surface area (Å²) < 4.78 is 32.2. The van der Waals surface area contributed by atoms with Crippen LogP contribution in [0.25, 0.3) is 0 Å². The normalized spacial score (nSPS) is 11.6. The highest BCUT2D eigenvalue weighted by Gasteiger charge is 2.20. The highest BCUT2D eigenvalue weighted by atomic mass is 35.5. The van der Waals surface area contributed by atoms with Gasteiger partial charge in [0.2, 0.25) is 10.0 Å². The van der Waals surface area contributed by atoms with E-state index in [1.54, 1.807) is 18.2 Å². The molecular weight excluding hydrogens is 355 g/mol. The van der Waals surface area contributed by atoms with Crippen LogP contribution in [0.2, 0.25) is 8.67 Å². The first-order chi connectivity index (χ1) is 9.83. The summed E-state index contributed by atoms with van der Waals surface area (Å²) >= 11 is 12.6. The van der Waals surface area contributed by atoms with Gasteiger partial charge in [-0.05, 0) is 23.8 Å². The predicted octanol–water partition coefficient (Wildman–Crippen LogP) is 3.12. The van der Waals surface area contributed by atoms with Crippen LogP contribution in [0.15, 0.2) is 29.2 Å². The molecular formula is C12H12Cl2N2O3S2. The molecule has 0 saturated carbocycles. The van der Waals surface area contributed by atoms with E-state index < -0.39 is 10.0 Å². The van der Waals surface area contributed by atoms with E-state index in [4.69, 9.17) is 33.7 Å². The minimum Gasteiger partial charge on any atom is -0.495 e. The first kappa shape index (κ1) is 16.4. The second-order valence-electron chi connectivity index (χ2n) is 4.09. The number of hydrogen-bond acceptors (Lipinski definition) is 5. The van der Waals surface area contributed by atoms with E-state index in [1.807, 2.05) is 0 Å². The zero-order chi connectivity index (χ0) is 15.6. The molecule has 0 amide bonds. The average Bonchev–Trinajstić information content (AvgIpc) is 2.76. The number of anilines is 1. The van der Waals surface area contributed by atoms with E-state index in [1.165, 1.54) is 13.2 Å². The van der Waals surface area contributed by atoms with Crippen molar-refractivity contribution in [3.63, 3.8) is 0 Å². The van der Waals surface area contributed by atoms with Crippen molar-refractivity contribution in [2.24, 2.45) is 0 Å². The van der Waals surface area contributed by atoms with E-state index >= 15 is 0 Å². The Morgan fingerprint density at radius 3 is 2.57 bits per heavy atom. The SMILES string of the molecule is COc1ccc(CNS(=O)(=O)c2cc(Cl)sc2Cl)cc1N. The number of nitrogens with two attached hydrogens (primary N) is 1. The number of nitrogens with one attached hydrogen (secondary N) is 1. The van der Waals surface area contributed by atoms with Gasteiger partial charge in [-0.15, -0.1) is 11.3 Å². The topological polar surface area (TPSA) is 81.4 Å². The zero-order valence-electron chi connectivity index (χ0n) is 10.9. The van der Waals surface area contributed by atoms with Gasteiger partial charge in [-0.2, -0.15) is 0 Å². The highest BCUT2D eigenvalue weighted by molar-refractivity contribution is 7.89. The van der Waals surface area contributed by atoms with Crippen LogP contribution in [-0.2, 0) is 16.6 Å². The summed E-state index contributed by atoms with van der Waals surface area (Å²) in [5, 5.41) is 0. The van der Waals surface area contributed by atoms with Crippen molar-refractivity contribution < 1.29 is 13.2 Å². The lowest BCUT2D eigenvalue weighted by atomic mass is 10.2. The van der Waals surface area contributed by atoms with Gasteiger partial charge < -0.3 is 10.5 Å². The van der Waals surface area contributed by atoms with Gasteiger partial charge in [0.25, 0.3) is 0 Å². The molecule has 2 aromatic rings. The largest absolute Gasteiger partial charge is 0.495 e. The molecule has 0 unspecified atom stereocenters. The molecule has 1 aromatic carbocycles. The Labute approximate surface area is 136 Å². The van der Waals surface area contributed by atoms with Gasteiger partial charge in [0.1, 0.15) is 15.0 Å². The van der Waals surface area contributed by atoms with Crippen molar-refractivity contribution in [2.45, 2.75) is 11.4 Å². The third kappa shape index (κ3) is 3.81. The Morgan fingerprint density at radius 1 is 1.33 bits per heavy atom. The number of methoxy groups -OCH3 is 1. The Morgan fingerprint density at radius 2 is 2.05 bits per heavy atom. The van der Waals surface area contributed by atoms with Crippen LogP contribution < -0.4 is 15.2 Å². The summed E-state index contributed by atoms with van der Waals surface area (Å²) in [5.41, 5.74) is 6.91. The first-order valence-electron chi connectivity index (χ1n) is 5.70. The van der Waals surface area contributed by atoms with Gasteiger partial charge in [-0.3, -0.25) is 0 Å². The van der Waals surface area contributed by atoms with Crippen LogP contribution in [0, 0.1) is 0 Å². The summed E-state index contributed by atoms with van der Waals surface area (Å²) in [6, 6.07) is 6.36. The minimum atomic E-state index is -3.72. The van der Waals surface area contributed by atoms with Crippen molar-refractivity contribution in [2.75, 3.05) is 12.8 Å². The molecule has 0 aliphatic rings. The van der Waals surface area contributed by atoms with Crippen molar-refractivity contribution in [3.8, 4) is 5.75 Å². The Hall–Kier alpha value is -0.990. The van der Waals surface area contributed by atoms with Crippen LogP contribution in [-0.4, -0.2) is 15.5 Å². The van der Waals surface area contributed by atoms with Gasteiger partial charge in [0.15, 0.2) is 0 Å². The molecule has 5 nitrogen and oxygen atoms in total. The first-order valence-corrected chi connectivity index (χ1v) is 8.76. The Kier molecular flexibility index (Phi) is 5.00. The molecule has 1 heterocycles. The van der Waals surface area contributed by atoms with E-state index in [-0.39, 0.29) is 15.8 Å². The van der Waals surface area contributed by atoms with Crippen molar-refractivity contribution in [1.82, 2.24) is 4.72 Å². The number of hydrogen-bond donors (Lipinski definition) is 2. The molecule has 0 saturated heterocycles. The predicted molar refractivity (Wildman–Crippen MR) is 85.8 cm³/mol. The molecule has 0 aliphatic heterocycles. The van der Waals surface area contributed by atoms with Gasteiger partial charge in [-0.1, -0.05) is 29.3 Å². The highest BCUT2D eigenvalue weighted by Crippen LogP contribution is 2.34. The lowest BCUT2D eigenvalue weighted by Crippen LogP contribution is -2.23. The van der Waals surface area contributed by atoms with E-state index in [0.717, 1.165) is 11.3 Å². The van der Waals surface area contributed by atoms with Crippen LogP contribution in [0.4, 0.5) is 5.69 Å². The zero-order valence-corrected chi connectivity index (χ0v) is 14.0. The van der Waals surface area contributed by atoms with Crippen molar-refractivity contribution in [3.05, 3.63) is 38.5 Å². The van der Waals surface area contributed by atoms with Crippen LogP contribution in [0.3, 0.4) is 0 Å². The Bertz CT molecular complexity index is 760. The van der Waals surface area contributed by atoms with E-state index in [2.05, 4.69) is 4.72 Å². The summed E-state index contributed by atoms with van der Waals surface area (Å²) in [7, 11) is -2.21. The fourth-order valence-corrected chi connectivity index (χ4v) is 4.82. The molecule has 0 atom stereocenters. The molecule has 9 heteroatoms. The summed E-state index contributed by atoms with van der Waals surface area (Å²) in [6.45, 7) is 0.0837. The van der Waals surface area contributed by atoms with Crippen molar-refractivity contribution in [1.29, 1.82) is 0 Å². The molecule has 0 bridgehead atoms. The molecule has 2 rings (SSSR count). The fraction of sp³-hybridized carbons (Fsp3) is 0.167. The number of ether oxygens (including phenoxy) is 1. The third-order valence-corrected chi connectivity index (χ3v) is 5.83. The average molecular weight is 367 g/mol. The number of benzene rings is 1. The molecule has 21 heavy (non-hydrogen) atoms. The van der Waals surface area contributed by atoms with Crippen LogP contribution in [0.5, 0.6) is 5.75 Å². The van der Waals surface area contributed by atoms with Crippen molar-refractivity contribution >= 4 is 50.2 Å². The van der Waals surface area contributed by atoms with Gasteiger partial charge in [-0.25, -0.2) is 13.1 Å². The summed E-state index contributed by atoms with van der Waals surface area (Å²) in [6.07, 6.45) is 0. The molecule has 3 N–H and O–H groups in total. The monoisotopic (exact) mass is 366 g/mol. The summed E-state index contributed by atoms with van der Waals surface area (Å²) in [5.74, 6) is 0.536. The van der Waals surface area contributed by atoms with Crippen LogP contribution >= 0.6 is 34.5 Å². The standard InChI is InChI=1S/C12H12Cl2N2O3S2/c1-19-9-3-2-7(4-8(9)15)6-16-21(17,18)10-5-11(13)20-12(10)14/h2-5,16H,6,15H2,1H3.